The molecule has 1 N–H and O–H groups in total. The van der Waals surface area contributed by atoms with Crippen LogP contribution < -0.4 is 5.32 Å². The highest BCUT2D eigenvalue weighted by Crippen LogP contribution is 2.20. The Morgan fingerprint density at radius 1 is 1.14 bits per heavy atom. The summed E-state index contributed by atoms with van der Waals surface area (Å²) in [6.07, 6.45) is 1.96. The van der Waals surface area contributed by atoms with Crippen molar-refractivity contribution in [3.05, 3.63) is 46.2 Å². The Kier molecular flexibility index (Phi) is 6.34. The fourth-order valence-electron chi connectivity index (χ4n) is 3.03. The molecule has 0 aliphatic carbocycles. The van der Waals surface area contributed by atoms with Gasteiger partial charge in [-0.1, -0.05) is 22.9 Å². The molecule has 1 fully saturated rings. The van der Waals surface area contributed by atoms with Crippen LogP contribution in [0.3, 0.4) is 0 Å². The Balaban J connectivity index is 1.97. The van der Waals surface area contributed by atoms with Crippen LogP contribution in [0.5, 0.6) is 0 Å². The maximum atomic E-state index is 12.9. The minimum Gasteiger partial charge on any atom is -0.342 e. The number of anilines is 1. The molecule has 0 radical (unpaired) electrons. The van der Waals surface area contributed by atoms with E-state index >= 15 is 0 Å². The molecule has 28 heavy (non-hydrogen) atoms. The Labute approximate surface area is 174 Å². The second-order valence-electron chi connectivity index (χ2n) is 7.11. The van der Waals surface area contributed by atoms with E-state index in [9.17, 15) is 8.42 Å². The summed E-state index contributed by atoms with van der Waals surface area (Å²) in [7, 11) is -3.87. The first kappa shape index (κ1) is 20.7. The summed E-state index contributed by atoms with van der Waals surface area (Å²) in [5.74, 6) is 1.22. The van der Waals surface area contributed by atoms with Gasteiger partial charge in [-0.25, -0.2) is 9.97 Å². The maximum Gasteiger partial charge on any atom is 0.285 e. The first-order valence-electron chi connectivity index (χ1n) is 9.18. The lowest BCUT2D eigenvalue weighted by Crippen LogP contribution is -2.42. The highest BCUT2D eigenvalue weighted by molar-refractivity contribution is 9.10. The van der Waals surface area contributed by atoms with Gasteiger partial charge in [0.2, 0.25) is 11.9 Å². The van der Waals surface area contributed by atoms with Gasteiger partial charge < -0.3 is 4.90 Å². The van der Waals surface area contributed by atoms with E-state index < -0.39 is 10.0 Å². The van der Waals surface area contributed by atoms with Gasteiger partial charge in [0, 0.05) is 29.0 Å². The molecule has 0 unspecified atom stereocenters. The summed E-state index contributed by atoms with van der Waals surface area (Å²) in [5, 5.41) is 3.05. The third-order valence-corrected chi connectivity index (χ3v) is 6.42. The van der Waals surface area contributed by atoms with Crippen molar-refractivity contribution >= 4 is 37.9 Å². The largest absolute Gasteiger partial charge is 0.342 e. The monoisotopic (exact) mass is 465 g/mol. The third-order valence-electron chi connectivity index (χ3n) is 4.61. The normalized spacial score (nSPS) is 16.3. The SMILES string of the molecule is Cc1cc(C)nc(N/C(=N/S(=O)(=O)c2ccc(Br)cc2)N2CCC(C)CC2)n1. The summed E-state index contributed by atoms with van der Waals surface area (Å²) in [4.78, 5) is 10.8. The number of hydrogen-bond acceptors (Lipinski definition) is 4. The fourth-order valence-corrected chi connectivity index (χ4v) is 4.27. The zero-order valence-corrected chi connectivity index (χ0v) is 18.6. The van der Waals surface area contributed by atoms with Crippen molar-refractivity contribution in [1.82, 2.24) is 14.9 Å². The summed E-state index contributed by atoms with van der Waals surface area (Å²) in [6, 6.07) is 8.30. The van der Waals surface area contributed by atoms with Gasteiger partial charge in [-0.05, 0) is 62.9 Å². The number of aromatic nitrogens is 2. The highest BCUT2D eigenvalue weighted by Gasteiger charge is 2.23. The lowest BCUT2D eigenvalue weighted by atomic mass is 10.00. The average molecular weight is 466 g/mol. The zero-order valence-electron chi connectivity index (χ0n) is 16.2. The molecule has 0 bridgehead atoms. The molecule has 1 saturated heterocycles. The first-order valence-corrected chi connectivity index (χ1v) is 11.4. The molecule has 0 atom stereocenters. The Bertz CT molecular complexity index is 948. The molecule has 9 heteroatoms. The maximum absolute atomic E-state index is 12.9. The number of rotatable bonds is 3. The standard InChI is InChI=1S/C19H24BrN5O2S/c1-13-8-10-25(11-9-13)19(23-18-21-14(2)12-15(3)22-18)24-28(26,27)17-6-4-16(20)5-7-17/h4-7,12-13H,8-11H2,1-3H3,(H,21,22,23,24). The number of likely N-dealkylation sites (tertiary alicyclic amines) is 1. The quantitative estimate of drug-likeness (QED) is 0.548. The molecule has 0 amide bonds. The molecule has 1 aromatic carbocycles. The molecule has 0 spiro atoms. The number of halogens is 1. The minimum absolute atomic E-state index is 0.140. The predicted octanol–water partition coefficient (Wildman–Crippen LogP) is 3.74. The van der Waals surface area contributed by atoms with Gasteiger partial charge in [-0.3, -0.25) is 5.32 Å². The number of nitrogens with one attached hydrogen (secondary N) is 1. The van der Waals surface area contributed by atoms with Crippen LogP contribution in [0.2, 0.25) is 0 Å². The number of sulfonamides is 1. The van der Waals surface area contributed by atoms with Crippen LogP contribution in [-0.2, 0) is 10.0 Å². The fraction of sp³-hybridized carbons (Fsp3) is 0.421. The van der Waals surface area contributed by atoms with Crippen LogP contribution in [0.15, 0.2) is 44.1 Å². The molecule has 3 rings (SSSR count). The number of aryl methyl sites for hydroxylation is 2. The van der Waals surface area contributed by atoms with Gasteiger partial charge >= 0.3 is 0 Å². The number of piperidine rings is 1. The second kappa shape index (κ2) is 8.57. The van der Waals surface area contributed by atoms with Crippen molar-refractivity contribution in [2.75, 3.05) is 18.4 Å². The predicted molar refractivity (Wildman–Crippen MR) is 114 cm³/mol. The molecule has 1 aliphatic heterocycles. The number of hydrogen-bond donors (Lipinski definition) is 1. The first-order chi connectivity index (χ1) is 13.2. The molecule has 1 aliphatic rings. The van der Waals surface area contributed by atoms with Crippen molar-refractivity contribution in [3.8, 4) is 0 Å². The van der Waals surface area contributed by atoms with Crippen LogP contribution >= 0.6 is 15.9 Å². The third kappa shape index (κ3) is 5.29. The molecule has 2 aromatic rings. The van der Waals surface area contributed by atoms with Gasteiger partial charge in [0.15, 0.2) is 0 Å². The highest BCUT2D eigenvalue weighted by atomic mass is 79.9. The van der Waals surface area contributed by atoms with Crippen molar-refractivity contribution < 1.29 is 8.42 Å². The summed E-state index contributed by atoms with van der Waals surface area (Å²) in [5.41, 5.74) is 1.61. The van der Waals surface area contributed by atoms with Crippen molar-refractivity contribution in [2.24, 2.45) is 10.3 Å². The lowest BCUT2D eigenvalue weighted by Gasteiger charge is -2.32. The van der Waals surface area contributed by atoms with E-state index in [1.54, 1.807) is 12.1 Å². The van der Waals surface area contributed by atoms with Gasteiger partial charge in [0.1, 0.15) is 0 Å². The Hall–Kier alpha value is -2.00. The molecule has 0 saturated carbocycles. The van der Waals surface area contributed by atoms with E-state index in [1.165, 1.54) is 12.1 Å². The summed E-state index contributed by atoms with van der Waals surface area (Å²) >= 11 is 3.32. The van der Waals surface area contributed by atoms with Crippen molar-refractivity contribution in [1.29, 1.82) is 0 Å². The number of nitrogens with zero attached hydrogens (tertiary/aromatic N) is 4. The van der Waals surface area contributed by atoms with E-state index in [0.29, 0.717) is 11.9 Å². The van der Waals surface area contributed by atoms with Crippen LogP contribution in [-0.4, -0.2) is 42.3 Å². The van der Waals surface area contributed by atoms with E-state index in [4.69, 9.17) is 0 Å². The molecule has 150 valence electrons. The average Bonchev–Trinajstić information content (AvgIpc) is 2.61. The van der Waals surface area contributed by atoms with Crippen LogP contribution in [0.4, 0.5) is 5.95 Å². The zero-order chi connectivity index (χ0) is 20.3. The molecule has 2 heterocycles. The second-order valence-corrected chi connectivity index (χ2v) is 9.63. The van der Waals surface area contributed by atoms with Gasteiger partial charge in [0.25, 0.3) is 10.0 Å². The van der Waals surface area contributed by atoms with E-state index in [2.05, 4.69) is 42.5 Å². The van der Waals surface area contributed by atoms with Gasteiger partial charge in [-0.2, -0.15) is 8.42 Å². The van der Waals surface area contributed by atoms with E-state index in [-0.39, 0.29) is 10.9 Å². The Morgan fingerprint density at radius 2 is 1.71 bits per heavy atom. The lowest BCUT2D eigenvalue weighted by molar-refractivity contribution is 0.280. The van der Waals surface area contributed by atoms with Gasteiger partial charge in [0.05, 0.1) is 4.90 Å². The topological polar surface area (TPSA) is 87.5 Å². The van der Waals surface area contributed by atoms with Crippen molar-refractivity contribution in [2.45, 2.75) is 38.5 Å². The van der Waals surface area contributed by atoms with E-state index in [1.807, 2.05) is 24.8 Å². The molecular weight excluding hydrogens is 442 g/mol. The summed E-state index contributed by atoms with van der Waals surface area (Å²) < 4.78 is 30.7. The van der Waals surface area contributed by atoms with Crippen molar-refractivity contribution in [3.63, 3.8) is 0 Å². The molecule has 1 aromatic heterocycles. The van der Waals surface area contributed by atoms with Crippen LogP contribution in [0.25, 0.3) is 0 Å². The van der Waals surface area contributed by atoms with Crippen LogP contribution in [0, 0.1) is 19.8 Å². The molecule has 7 nitrogen and oxygen atoms in total. The summed E-state index contributed by atoms with van der Waals surface area (Å²) in [6.45, 7) is 7.41. The van der Waals surface area contributed by atoms with Gasteiger partial charge in [-0.15, -0.1) is 4.40 Å². The Morgan fingerprint density at radius 3 is 2.29 bits per heavy atom. The molecular formula is C19H24BrN5O2S. The van der Waals surface area contributed by atoms with E-state index in [0.717, 1.165) is 41.8 Å². The minimum atomic E-state index is -3.87. The smallest absolute Gasteiger partial charge is 0.285 e. The number of guanidine groups is 1. The van der Waals surface area contributed by atoms with Crippen LogP contribution in [0.1, 0.15) is 31.2 Å². The number of benzene rings is 1.